The van der Waals surface area contributed by atoms with Gasteiger partial charge in [-0.05, 0) is 38.5 Å². The first-order valence-corrected chi connectivity index (χ1v) is 5.75. The molecule has 0 aromatic rings. The van der Waals surface area contributed by atoms with E-state index in [1.54, 1.807) is 0 Å². The molecule has 88 valence electrons. The summed E-state index contributed by atoms with van der Waals surface area (Å²) in [6.45, 7) is 0.291. The first-order chi connectivity index (χ1) is 7.27. The van der Waals surface area contributed by atoms with Crippen molar-refractivity contribution in [2.75, 3.05) is 6.61 Å². The van der Waals surface area contributed by atoms with Gasteiger partial charge in [-0.1, -0.05) is 18.6 Å². The average Bonchev–Trinajstić information content (AvgIpc) is 2.20. The number of carbonyl (C=O) groups is 1. The van der Waals surface area contributed by atoms with Crippen molar-refractivity contribution in [2.45, 2.75) is 51.4 Å². The summed E-state index contributed by atoms with van der Waals surface area (Å²) in [4.78, 5) is 10.2. The highest BCUT2D eigenvalue weighted by Crippen LogP contribution is 2.03. The number of hydrogen-bond acceptors (Lipinski definition) is 2. The lowest BCUT2D eigenvalue weighted by Gasteiger charge is -1.95. The van der Waals surface area contributed by atoms with Crippen molar-refractivity contribution in [3.05, 3.63) is 12.2 Å². The molecule has 0 unspecified atom stereocenters. The quantitative estimate of drug-likeness (QED) is 0.434. The molecule has 0 aliphatic heterocycles. The molecular weight excluding hydrogens is 192 g/mol. The van der Waals surface area contributed by atoms with Crippen LogP contribution in [0.15, 0.2) is 12.2 Å². The molecule has 15 heavy (non-hydrogen) atoms. The van der Waals surface area contributed by atoms with Crippen molar-refractivity contribution in [2.24, 2.45) is 0 Å². The number of allylic oxidation sites excluding steroid dienone is 2. The van der Waals surface area contributed by atoms with Crippen LogP contribution < -0.4 is 0 Å². The minimum absolute atomic E-state index is 0.282. The van der Waals surface area contributed by atoms with Gasteiger partial charge in [0.05, 0.1) is 0 Å². The zero-order valence-electron chi connectivity index (χ0n) is 9.32. The van der Waals surface area contributed by atoms with E-state index in [-0.39, 0.29) is 6.42 Å². The first-order valence-electron chi connectivity index (χ1n) is 5.75. The lowest BCUT2D eigenvalue weighted by molar-refractivity contribution is -0.137. The maximum Gasteiger partial charge on any atom is 0.303 e. The van der Waals surface area contributed by atoms with Crippen molar-refractivity contribution in [1.82, 2.24) is 0 Å². The third-order valence-electron chi connectivity index (χ3n) is 2.21. The van der Waals surface area contributed by atoms with Crippen LogP contribution in [0.1, 0.15) is 51.4 Å². The van der Waals surface area contributed by atoms with Crippen molar-refractivity contribution in [1.29, 1.82) is 0 Å². The van der Waals surface area contributed by atoms with E-state index in [1.807, 2.05) is 0 Å². The van der Waals surface area contributed by atoms with Gasteiger partial charge in [-0.3, -0.25) is 4.79 Å². The van der Waals surface area contributed by atoms with E-state index in [0.29, 0.717) is 6.61 Å². The van der Waals surface area contributed by atoms with Gasteiger partial charge in [-0.2, -0.15) is 0 Å². The number of rotatable bonds is 10. The third kappa shape index (κ3) is 13.2. The topological polar surface area (TPSA) is 57.5 Å². The van der Waals surface area contributed by atoms with E-state index in [1.165, 1.54) is 0 Å². The van der Waals surface area contributed by atoms with Gasteiger partial charge in [0.25, 0.3) is 0 Å². The predicted octanol–water partition coefficient (Wildman–Crippen LogP) is 2.74. The molecule has 0 aromatic carbocycles. The van der Waals surface area contributed by atoms with Gasteiger partial charge in [0.1, 0.15) is 0 Å². The van der Waals surface area contributed by atoms with E-state index < -0.39 is 5.97 Å². The first kappa shape index (κ1) is 14.2. The van der Waals surface area contributed by atoms with Crippen molar-refractivity contribution in [3.63, 3.8) is 0 Å². The smallest absolute Gasteiger partial charge is 0.303 e. The van der Waals surface area contributed by atoms with Gasteiger partial charge in [0.2, 0.25) is 0 Å². The largest absolute Gasteiger partial charge is 0.481 e. The summed E-state index contributed by atoms with van der Waals surface area (Å²) < 4.78 is 0. The van der Waals surface area contributed by atoms with Crippen LogP contribution in [0.5, 0.6) is 0 Å². The van der Waals surface area contributed by atoms with E-state index in [9.17, 15) is 4.79 Å². The van der Waals surface area contributed by atoms with Crippen LogP contribution in [0.25, 0.3) is 0 Å². The lowest BCUT2D eigenvalue weighted by Crippen LogP contribution is -1.92. The molecular formula is C12H22O3. The fourth-order valence-corrected chi connectivity index (χ4v) is 1.32. The van der Waals surface area contributed by atoms with Crippen molar-refractivity contribution >= 4 is 5.97 Å². The van der Waals surface area contributed by atoms with Gasteiger partial charge < -0.3 is 10.2 Å². The van der Waals surface area contributed by atoms with Gasteiger partial charge in [0.15, 0.2) is 0 Å². The van der Waals surface area contributed by atoms with Crippen LogP contribution in [0.4, 0.5) is 0 Å². The van der Waals surface area contributed by atoms with Crippen LogP contribution in [-0.2, 0) is 4.79 Å². The summed E-state index contributed by atoms with van der Waals surface area (Å²) in [5.74, 6) is -0.706. The number of aliphatic carboxylic acids is 1. The molecule has 0 aliphatic rings. The second-order valence-electron chi connectivity index (χ2n) is 3.68. The Hall–Kier alpha value is -0.830. The van der Waals surface area contributed by atoms with Crippen molar-refractivity contribution in [3.8, 4) is 0 Å². The molecule has 2 N–H and O–H groups in total. The lowest BCUT2D eigenvalue weighted by atomic mass is 10.1. The Morgan fingerprint density at radius 3 is 2.07 bits per heavy atom. The second kappa shape index (κ2) is 11.2. The molecule has 0 atom stereocenters. The number of carboxylic acid groups (broad SMARTS) is 1. The van der Waals surface area contributed by atoms with Crippen LogP contribution in [-0.4, -0.2) is 22.8 Å². The van der Waals surface area contributed by atoms with Crippen LogP contribution >= 0.6 is 0 Å². The summed E-state index contributed by atoms with van der Waals surface area (Å²) in [6.07, 6.45) is 11.4. The van der Waals surface area contributed by atoms with Gasteiger partial charge in [0, 0.05) is 13.0 Å². The number of hydrogen-bond donors (Lipinski definition) is 2. The standard InChI is InChI=1S/C12H22O3/c13-11-9-7-5-3-1-2-4-6-8-10-12(14)15/h1-2,13H,3-11H2,(H,14,15)/b2-1+. The SMILES string of the molecule is O=C(O)CCCC/C=C/CCCCCO. The Balaban J connectivity index is 3.07. The maximum absolute atomic E-state index is 10.2. The highest BCUT2D eigenvalue weighted by Gasteiger charge is 1.94. The summed E-state index contributed by atoms with van der Waals surface area (Å²) in [7, 11) is 0. The Morgan fingerprint density at radius 2 is 1.53 bits per heavy atom. The molecule has 0 saturated carbocycles. The summed E-state index contributed by atoms with van der Waals surface area (Å²) in [5, 5.41) is 16.9. The maximum atomic E-state index is 10.2. The molecule has 0 fully saturated rings. The Labute approximate surface area is 91.8 Å². The van der Waals surface area contributed by atoms with Gasteiger partial charge >= 0.3 is 5.97 Å². The number of aliphatic hydroxyl groups is 1. The van der Waals surface area contributed by atoms with Gasteiger partial charge in [-0.25, -0.2) is 0 Å². The Kier molecular flexibility index (Phi) is 10.6. The van der Waals surface area contributed by atoms with Crippen molar-refractivity contribution < 1.29 is 15.0 Å². The second-order valence-corrected chi connectivity index (χ2v) is 3.68. The molecule has 0 bridgehead atoms. The molecule has 0 aliphatic carbocycles. The van der Waals surface area contributed by atoms with E-state index in [0.717, 1.165) is 44.9 Å². The predicted molar refractivity (Wildman–Crippen MR) is 60.8 cm³/mol. The summed E-state index contributed by atoms with van der Waals surface area (Å²) in [6, 6.07) is 0. The van der Waals surface area contributed by atoms with Crippen LogP contribution in [0, 0.1) is 0 Å². The highest BCUT2D eigenvalue weighted by molar-refractivity contribution is 5.66. The summed E-state index contributed by atoms with van der Waals surface area (Å²) >= 11 is 0. The minimum atomic E-state index is -0.706. The summed E-state index contributed by atoms with van der Waals surface area (Å²) in [5.41, 5.74) is 0. The normalized spacial score (nSPS) is 11.0. The Morgan fingerprint density at radius 1 is 0.933 bits per heavy atom. The molecule has 0 rings (SSSR count). The molecule has 0 aromatic heterocycles. The fraction of sp³-hybridized carbons (Fsp3) is 0.750. The zero-order chi connectivity index (χ0) is 11.4. The number of unbranched alkanes of at least 4 members (excludes halogenated alkanes) is 5. The van der Waals surface area contributed by atoms with E-state index in [2.05, 4.69) is 12.2 Å². The molecule has 0 radical (unpaired) electrons. The fourth-order valence-electron chi connectivity index (χ4n) is 1.32. The molecule has 0 heterocycles. The van der Waals surface area contributed by atoms with Crippen LogP contribution in [0.3, 0.4) is 0 Å². The molecule has 3 nitrogen and oxygen atoms in total. The molecule has 0 saturated heterocycles. The minimum Gasteiger partial charge on any atom is -0.481 e. The molecule has 3 heteroatoms. The highest BCUT2D eigenvalue weighted by atomic mass is 16.4. The van der Waals surface area contributed by atoms with E-state index in [4.69, 9.17) is 10.2 Å². The Bertz CT molecular complexity index is 176. The number of aliphatic hydroxyl groups excluding tert-OH is 1. The average molecular weight is 214 g/mol. The monoisotopic (exact) mass is 214 g/mol. The van der Waals surface area contributed by atoms with E-state index >= 15 is 0 Å². The molecule has 0 spiro atoms. The van der Waals surface area contributed by atoms with Crippen LogP contribution in [0.2, 0.25) is 0 Å². The molecule has 0 amide bonds. The van der Waals surface area contributed by atoms with Gasteiger partial charge in [-0.15, -0.1) is 0 Å². The third-order valence-corrected chi connectivity index (χ3v) is 2.21. The zero-order valence-corrected chi connectivity index (χ0v) is 9.32. The number of carboxylic acids is 1.